The van der Waals surface area contributed by atoms with Crippen molar-refractivity contribution < 1.29 is 0 Å². The monoisotopic (exact) mass is 274 g/mol. The predicted molar refractivity (Wildman–Crippen MR) is 80.1 cm³/mol. The standard InChI is InChI=1S/C16H10N4O/c17-9-12(8-11-4-3-7-18-10-11)15-19-14-6-2-1-5-13(14)16(21)20-15/h1-8,10H,(H,19,20,21)/b12-8-. The number of fused-ring (bicyclic) bond motifs is 1. The molecule has 5 nitrogen and oxygen atoms in total. The number of hydrogen-bond acceptors (Lipinski definition) is 4. The summed E-state index contributed by atoms with van der Waals surface area (Å²) in [5.74, 6) is 0.255. The minimum absolute atomic E-state index is 0.255. The summed E-state index contributed by atoms with van der Waals surface area (Å²) < 4.78 is 0. The van der Waals surface area contributed by atoms with Crippen LogP contribution >= 0.6 is 0 Å². The molecule has 100 valence electrons. The molecular formula is C16H10N4O. The molecule has 3 aromatic rings. The van der Waals surface area contributed by atoms with E-state index in [0.29, 0.717) is 10.9 Å². The Morgan fingerprint density at radius 2 is 2.10 bits per heavy atom. The lowest BCUT2D eigenvalue weighted by Crippen LogP contribution is -2.11. The number of para-hydroxylation sites is 1. The van der Waals surface area contributed by atoms with Crippen molar-refractivity contribution in [2.45, 2.75) is 0 Å². The van der Waals surface area contributed by atoms with Crippen molar-refractivity contribution in [1.29, 1.82) is 5.26 Å². The van der Waals surface area contributed by atoms with E-state index in [-0.39, 0.29) is 17.0 Å². The first-order chi connectivity index (χ1) is 10.3. The van der Waals surface area contributed by atoms with Gasteiger partial charge in [0.05, 0.1) is 16.5 Å². The maximum absolute atomic E-state index is 12.0. The van der Waals surface area contributed by atoms with Crippen LogP contribution in [-0.4, -0.2) is 15.0 Å². The van der Waals surface area contributed by atoms with Crippen LogP contribution in [0.5, 0.6) is 0 Å². The topological polar surface area (TPSA) is 82.4 Å². The molecule has 0 unspecified atom stereocenters. The first kappa shape index (κ1) is 12.8. The molecule has 0 radical (unpaired) electrons. The zero-order valence-corrected chi connectivity index (χ0v) is 10.9. The van der Waals surface area contributed by atoms with Crippen molar-refractivity contribution in [2.75, 3.05) is 0 Å². The van der Waals surface area contributed by atoms with Gasteiger partial charge in [-0.25, -0.2) is 4.98 Å². The number of aromatic amines is 1. The van der Waals surface area contributed by atoms with Crippen molar-refractivity contribution in [3.8, 4) is 6.07 Å². The lowest BCUT2D eigenvalue weighted by molar-refractivity contribution is 1.13. The van der Waals surface area contributed by atoms with Crippen LogP contribution in [0.2, 0.25) is 0 Å². The highest BCUT2D eigenvalue weighted by Crippen LogP contribution is 2.15. The summed E-state index contributed by atoms with van der Waals surface area (Å²) in [6.45, 7) is 0. The van der Waals surface area contributed by atoms with Gasteiger partial charge in [-0.1, -0.05) is 18.2 Å². The van der Waals surface area contributed by atoms with Crippen LogP contribution in [0.4, 0.5) is 0 Å². The van der Waals surface area contributed by atoms with Gasteiger partial charge in [0.25, 0.3) is 5.56 Å². The zero-order chi connectivity index (χ0) is 14.7. The van der Waals surface area contributed by atoms with Gasteiger partial charge in [0, 0.05) is 12.4 Å². The van der Waals surface area contributed by atoms with Crippen LogP contribution in [0.25, 0.3) is 22.6 Å². The van der Waals surface area contributed by atoms with Crippen LogP contribution in [0, 0.1) is 11.3 Å². The summed E-state index contributed by atoms with van der Waals surface area (Å²) >= 11 is 0. The molecule has 0 saturated heterocycles. The summed E-state index contributed by atoms with van der Waals surface area (Å²) in [6, 6.07) is 12.7. The Kier molecular flexibility index (Phi) is 3.27. The minimum Gasteiger partial charge on any atom is -0.305 e. The summed E-state index contributed by atoms with van der Waals surface area (Å²) in [5, 5.41) is 9.80. The highest BCUT2D eigenvalue weighted by molar-refractivity contribution is 5.88. The third-order valence-electron chi connectivity index (χ3n) is 2.98. The van der Waals surface area contributed by atoms with Crippen LogP contribution < -0.4 is 5.56 Å². The predicted octanol–water partition coefficient (Wildman–Crippen LogP) is 2.38. The molecule has 0 amide bonds. The van der Waals surface area contributed by atoms with Gasteiger partial charge >= 0.3 is 0 Å². The van der Waals surface area contributed by atoms with E-state index < -0.39 is 0 Å². The van der Waals surface area contributed by atoms with Gasteiger partial charge in [-0.3, -0.25) is 9.78 Å². The number of rotatable bonds is 2. The van der Waals surface area contributed by atoms with Gasteiger partial charge < -0.3 is 4.98 Å². The quantitative estimate of drug-likeness (QED) is 0.727. The first-order valence-electron chi connectivity index (χ1n) is 6.29. The molecule has 1 N–H and O–H groups in total. The van der Waals surface area contributed by atoms with Gasteiger partial charge in [0.15, 0.2) is 5.82 Å². The average molecular weight is 274 g/mol. The molecule has 2 aromatic heterocycles. The number of pyridine rings is 1. The summed E-state index contributed by atoms with van der Waals surface area (Å²) in [7, 11) is 0. The number of hydrogen-bond donors (Lipinski definition) is 1. The van der Waals surface area contributed by atoms with Gasteiger partial charge in [-0.2, -0.15) is 5.26 Å². The molecule has 0 spiro atoms. The third-order valence-corrected chi connectivity index (χ3v) is 2.98. The van der Waals surface area contributed by atoms with Crippen molar-refractivity contribution >= 4 is 22.6 Å². The minimum atomic E-state index is -0.261. The maximum Gasteiger partial charge on any atom is 0.259 e. The first-order valence-corrected chi connectivity index (χ1v) is 6.29. The smallest absolute Gasteiger partial charge is 0.259 e. The Morgan fingerprint density at radius 3 is 2.86 bits per heavy atom. The highest BCUT2D eigenvalue weighted by atomic mass is 16.1. The summed E-state index contributed by atoms with van der Waals surface area (Å²) in [5.41, 5.74) is 1.35. The number of nitriles is 1. The number of benzene rings is 1. The SMILES string of the molecule is N#C/C(=C/c1cccnc1)c1nc2ccccc2c(=O)[nH]1. The van der Waals surface area contributed by atoms with Crippen LogP contribution in [0.3, 0.4) is 0 Å². The van der Waals surface area contributed by atoms with Gasteiger partial charge in [-0.15, -0.1) is 0 Å². The highest BCUT2D eigenvalue weighted by Gasteiger charge is 2.07. The zero-order valence-electron chi connectivity index (χ0n) is 10.9. The largest absolute Gasteiger partial charge is 0.305 e. The lowest BCUT2D eigenvalue weighted by atomic mass is 10.1. The molecule has 2 heterocycles. The number of allylic oxidation sites excluding steroid dienone is 1. The Labute approximate surface area is 120 Å². The lowest BCUT2D eigenvalue weighted by Gasteiger charge is -2.01. The third kappa shape index (κ3) is 2.55. The van der Waals surface area contributed by atoms with E-state index in [1.54, 1.807) is 48.8 Å². The number of H-pyrrole nitrogens is 1. The molecule has 21 heavy (non-hydrogen) atoms. The normalized spacial score (nSPS) is 11.3. The molecule has 0 aliphatic rings. The molecule has 0 bridgehead atoms. The Hall–Kier alpha value is -3.26. The second kappa shape index (κ2) is 5.39. The second-order valence-corrected chi connectivity index (χ2v) is 4.39. The molecule has 0 aliphatic carbocycles. The van der Waals surface area contributed by atoms with Crippen molar-refractivity contribution in [3.05, 3.63) is 70.5 Å². The Balaban J connectivity index is 2.17. The second-order valence-electron chi connectivity index (χ2n) is 4.39. The molecule has 0 atom stereocenters. The van der Waals surface area contributed by atoms with Gasteiger partial charge in [-0.05, 0) is 29.8 Å². The molecular weight excluding hydrogens is 264 g/mol. The van der Waals surface area contributed by atoms with Crippen LogP contribution in [0.1, 0.15) is 11.4 Å². The number of nitrogens with zero attached hydrogens (tertiary/aromatic N) is 3. The molecule has 3 rings (SSSR count). The van der Waals surface area contributed by atoms with Gasteiger partial charge in [0.1, 0.15) is 6.07 Å². The molecule has 0 aliphatic heterocycles. The Bertz CT molecular complexity index is 920. The molecule has 1 aromatic carbocycles. The van der Waals surface area contributed by atoms with Crippen molar-refractivity contribution in [3.63, 3.8) is 0 Å². The van der Waals surface area contributed by atoms with Crippen LogP contribution in [0.15, 0.2) is 53.6 Å². The molecule has 0 saturated carbocycles. The molecule has 0 fully saturated rings. The van der Waals surface area contributed by atoms with Crippen molar-refractivity contribution in [1.82, 2.24) is 15.0 Å². The Morgan fingerprint density at radius 1 is 1.24 bits per heavy atom. The molecule has 5 heteroatoms. The fourth-order valence-electron chi connectivity index (χ4n) is 2.00. The van der Waals surface area contributed by atoms with E-state index in [0.717, 1.165) is 5.56 Å². The van der Waals surface area contributed by atoms with E-state index in [1.165, 1.54) is 0 Å². The average Bonchev–Trinajstić information content (AvgIpc) is 2.53. The van der Waals surface area contributed by atoms with E-state index in [9.17, 15) is 10.1 Å². The van der Waals surface area contributed by atoms with E-state index in [2.05, 4.69) is 21.0 Å². The van der Waals surface area contributed by atoms with E-state index in [4.69, 9.17) is 0 Å². The van der Waals surface area contributed by atoms with E-state index in [1.807, 2.05) is 6.07 Å². The summed E-state index contributed by atoms with van der Waals surface area (Å²) in [6.07, 6.45) is 4.93. The maximum atomic E-state index is 12.0. The van der Waals surface area contributed by atoms with Crippen LogP contribution in [-0.2, 0) is 0 Å². The summed E-state index contributed by atoms with van der Waals surface area (Å²) in [4.78, 5) is 23.0. The fourth-order valence-corrected chi connectivity index (χ4v) is 2.00. The van der Waals surface area contributed by atoms with E-state index >= 15 is 0 Å². The fraction of sp³-hybridized carbons (Fsp3) is 0. The number of nitrogens with one attached hydrogen (secondary N) is 1. The van der Waals surface area contributed by atoms with Gasteiger partial charge in [0.2, 0.25) is 0 Å². The van der Waals surface area contributed by atoms with Crippen molar-refractivity contribution in [2.24, 2.45) is 0 Å². The number of aromatic nitrogens is 3.